The number of aromatic nitrogens is 2. The summed E-state index contributed by atoms with van der Waals surface area (Å²) in [5.74, 6) is 0. The third-order valence-corrected chi connectivity index (χ3v) is 1.36. The van der Waals surface area contributed by atoms with Crippen molar-refractivity contribution in [3.05, 3.63) is 18.9 Å². The van der Waals surface area contributed by atoms with Crippen LogP contribution in [0.1, 0.15) is 0 Å². The van der Waals surface area contributed by atoms with Gasteiger partial charge >= 0.3 is 0 Å². The number of rotatable bonds is 1. The fourth-order valence-electron chi connectivity index (χ4n) is 0.863. The minimum absolute atomic E-state index is 0.781. The van der Waals surface area contributed by atoms with Crippen LogP contribution in [0.25, 0.3) is 11.0 Å². The van der Waals surface area contributed by atoms with Crippen molar-refractivity contribution in [2.24, 2.45) is 0 Å². The highest BCUT2D eigenvalue weighted by Gasteiger charge is 2.00. The highest BCUT2D eigenvalue weighted by molar-refractivity contribution is 5.80. The molecule has 0 unspecified atom stereocenters. The molecule has 0 saturated carbocycles. The molecule has 0 aliphatic carbocycles. The van der Waals surface area contributed by atoms with E-state index in [1.807, 2.05) is 0 Å². The Labute approximate surface area is 56.6 Å². The van der Waals surface area contributed by atoms with Gasteiger partial charge in [-0.3, -0.25) is 9.98 Å². The van der Waals surface area contributed by atoms with Gasteiger partial charge in [-0.1, -0.05) is 0 Å². The second kappa shape index (κ2) is 1.70. The minimum Gasteiger partial charge on any atom is -0.468 e. The second-order valence-electron chi connectivity index (χ2n) is 1.92. The van der Waals surface area contributed by atoms with Crippen molar-refractivity contribution >= 4 is 17.4 Å². The van der Waals surface area contributed by atoms with E-state index >= 15 is 0 Å². The van der Waals surface area contributed by atoms with E-state index in [1.54, 1.807) is 23.4 Å². The van der Waals surface area contributed by atoms with Gasteiger partial charge in [-0.15, -0.1) is 0 Å². The third-order valence-electron chi connectivity index (χ3n) is 1.36. The van der Waals surface area contributed by atoms with Gasteiger partial charge in [0.1, 0.15) is 29.9 Å². The number of hydrogen-bond donors (Lipinski definition) is 1. The average molecular weight is 135 g/mol. The second-order valence-corrected chi connectivity index (χ2v) is 1.92. The molecule has 2 aromatic heterocycles. The average Bonchev–Trinajstić information content (AvgIpc) is 2.44. The fourth-order valence-corrected chi connectivity index (χ4v) is 0.863. The first-order valence-electron chi connectivity index (χ1n) is 2.81. The van der Waals surface area contributed by atoms with E-state index in [2.05, 4.69) is 4.98 Å². The standard InChI is InChI=1S/C6H5N3O/c7-3-9-4-8-5-1-10-2-6(5)9/h1-4,7H. The van der Waals surface area contributed by atoms with E-state index in [0.717, 1.165) is 11.0 Å². The number of hydrogen-bond acceptors (Lipinski definition) is 3. The number of imidazole rings is 1. The maximum Gasteiger partial charge on any atom is 0.127 e. The Morgan fingerprint density at radius 2 is 2.50 bits per heavy atom. The maximum atomic E-state index is 6.94. The van der Waals surface area contributed by atoms with Crippen LogP contribution >= 0.6 is 0 Å². The minimum atomic E-state index is 0.781. The summed E-state index contributed by atoms with van der Waals surface area (Å²) in [5, 5.41) is 6.94. The van der Waals surface area contributed by atoms with E-state index in [-0.39, 0.29) is 0 Å². The predicted molar refractivity (Wildman–Crippen MR) is 36.2 cm³/mol. The van der Waals surface area contributed by atoms with Gasteiger partial charge in [0.25, 0.3) is 0 Å². The van der Waals surface area contributed by atoms with Gasteiger partial charge in [0.15, 0.2) is 0 Å². The first kappa shape index (κ1) is 5.22. The van der Waals surface area contributed by atoms with Crippen molar-refractivity contribution in [1.29, 1.82) is 5.41 Å². The lowest BCUT2D eigenvalue weighted by molar-refractivity contribution is 0.570. The van der Waals surface area contributed by atoms with Crippen LogP contribution in [0.15, 0.2) is 23.3 Å². The molecule has 2 heterocycles. The summed E-state index contributed by atoms with van der Waals surface area (Å²) in [5.41, 5.74) is 1.61. The van der Waals surface area contributed by atoms with Gasteiger partial charge < -0.3 is 4.42 Å². The van der Waals surface area contributed by atoms with Crippen molar-refractivity contribution in [3.8, 4) is 0 Å². The summed E-state index contributed by atoms with van der Waals surface area (Å²) >= 11 is 0. The van der Waals surface area contributed by atoms with Gasteiger partial charge in [-0.05, 0) is 0 Å². The van der Waals surface area contributed by atoms with Crippen LogP contribution in [-0.4, -0.2) is 15.9 Å². The normalized spacial score (nSPS) is 10.4. The molecular weight excluding hydrogens is 130 g/mol. The molecule has 0 bridgehead atoms. The molecule has 0 atom stereocenters. The molecule has 50 valence electrons. The van der Waals surface area contributed by atoms with Crippen LogP contribution in [0.4, 0.5) is 0 Å². The molecule has 0 amide bonds. The lowest BCUT2D eigenvalue weighted by atomic mass is 10.5. The number of nitrogens with zero attached hydrogens (tertiary/aromatic N) is 2. The Morgan fingerprint density at radius 3 is 3.30 bits per heavy atom. The van der Waals surface area contributed by atoms with E-state index in [1.165, 1.54) is 6.34 Å². The monoisotopic (exact) mass is 135 g/mol. The van der Waals surface area contributed by atoms with Gasteiger partial charge in [0, 0.05) is 0 Å². The topological polar surface area (TPSA) is 54.8 Å². The fraction of sp³-hybridized carbons (Fsp3) is 0. The van der Waals surface area contributed by atoms with Crippen molar-refractivity contribution < 1.29 is 4.42 Å². The zero-order chi connectivity index (χ0) is 6.97. The van der Waals surface area contributed by atoms with E-state index in [4.69, 9.17) is 9.83 Å². The maximum absolute atomic E-state index is 6.94. The Morgan fingerprint density at radius 1 is 1.60 bits per heavy atom. The summed E-state index contributed by atoms with van der Waals surface area (Å²) in [7, 11) is 0. The molecule has 0 aliphatic rings. The predicted octanol–water partition coefficient (Wildman–Crippen LogP) is 1.08. The smallest absolute Gasteiger partial charge is 0.127 e. The highest BCUT2D eigenvalue weighted by atomic mass is 16.3. The Kier molecular flexibility index (Phi) is 0.887. The Bertz CT molecular complexity index is 360. The SMILES string of the molecule is N=Cn1cnc2cocc21. The van der Waals surface area contributed by atoms with Crippen LogP contribution in [0, 0.1) is 5.41 Å². The lowest BCUT2D eigenvalue weighted by Crippen LogP contribution is -1.88. The summed E-state index contributed by atoms with van der Waals surface area (Å²) in [6, 6.07) is 0. The molecule has 2 aromatic rings. The van der Waals surface area contributed by atoms with Gasteiger partial charge in [0.05, 0.1) is 6.34 Å². The van der Waals surface area contributed by atoms with Crippen molar-refractivity contribution in [2.45, 2.75) is 0 Å². The van der Waals surface area contributed by atoms with Crippen LogP contribution < -0.4 is 0 Å². The molecule has 1 N–H and O–H groups in total. The van der Waals surface area contributed by atoms with Crippen LogP contribution in [0.5, 0.6) is 0 Å². The van der Waals surface area contributed by atoms with E-state index < -0.39 is 0 Å². The third kappa shape index (κ3) is 0.500. The molecule has 0 fully saturated rings. The molecule has 0 radical (unpaired) electrons. The summed E-state index contributed by atoms with van der Waals surface area (Å²) in [4.78, 5) is 3.97. The molecule has 0 saturated heterocycles. The van der Waals surface area contributed by atoms with Crippen LogP contribution in [0.2, 0.25) is 0 Å². The Hall–Kier alpha value is -1.58. The van der Waals surface area contributed by atoms with E-state index in [0.29, 0.717) is 0 Å². The summed E-state index contributed by atoms with van der Waals surface area (Å²) < 4.78 is 6.44. The quantitative estimate of drug-likeness (QED) is 0.470. The molecule has 0 spiro atoms. The number of furan rings is 1. The van der Waals surface area contributed by atoms with Crippen molar-refractivity contribution in [3.63, 3.8) is 0 Å². The molecule has 0 aromatic carbocycles. The van der Waals surface area contributed by atoms with Gasteiger partial charge in [-0.2, -0.15) is 0 Å². The molecule has 2 rings (SSSR count). The molecule has 0 aliphatic heterocycles. The Balaban J connectivity index is 2.88. The first-order chi connectivity index (χ1) is 4.92. The molecule has 4 heteroatoms. The highest BCUT2D eigenvalue weighted by Crippen LogP contribution is 2.10. The molecule has 4 nitrogen and oxygen atoms in total. The molecular formula is C6H5N3O. The van der Waals surface area contributed by atoms with Crippen LogP contribution in [0.3, 0.4) is 0 Å². The largest absolute Gasteiger partial charge is 0.468 e. The zero-order valence-corrected chi connectivity index (χ0v) is 5.11. The molecule has 10 heavy (non-hydrogen) atoms. The lowest BCUT2D eigenvalue weighted by Gasteiger charge is -1.84. The van der Waals surface area contributed by atoms with Crippen molar-refractivity contribution in [1.82, 2.24) is 9.55 Å². The zero-order valence-electron chi connectivity index (χ0n) is 5.11. The van der Waals surface area contributed by atoms with Crippen LogP contribution in [-0.2, 0) is 0 Å². The first-order valence-corrected chi connectivity index (χ1v) is 2.81. The number of nitrogens with one attached hydrogen (secondary N) is 1. The van der Waals surface area contributed by atoms with E-state index in [9.17, 15) is 0 Å². The van der Waals surface area contributed by atoms with Gasteiger partial charge in [0.2, 0.25) is 0 Å². The van der Waals surface area contributed by atoms with Crippen molar-refractivity contribution in [2.75, 3.05) is 0 Å². The summed E-state index contributed by atoms with van der Waals surface area (Å²) in [6.07, 6.45) is 5.88. The summed E-state index contributed by atoms with van der Waals surface area (Å²) in [6.45, 7) is 0. The van der Waals surface area contributed by atoms with Gasteiger partial charge in [-0.25, -0.2) is 4.98 Å². The number of fused-ring (bicyclic) bond motifs is 1.